The minimum atomic E-state index is -0.140. The minimum Gasteiger partial charge on any atom is -0.394 e. The van der Waals surface area contributed by atoms with Gasteiger partial charge in [-0.3, -0.25) is 9.89 Å². The smallest absolute Gasteiger partial charge is 0.291 e. The van der Waals surface area contributed by atoms with Gasteiger partial charge in [-0.1, -0.05) is 25.6 Å². The first-order chi connectivity index (χ1) is 16.0. The van der Waals surface area contributed by atoms with E-state index in [0.717, 1.165) is 42.8 Å². The van der Waals surface area contributed by atoms with Crippen LogP contribution in [0.3, 0.4) is 0 Å². The molecule has 4 aromatic heterocycles. The normalized spacial score (nSPS) is 12.7. The number of benzene rings is 1. The van der Waals surface area contributed by atoms with Gasteiger partial charge in [-0.2, -0.15) is 10.2 Å². The summed E-state index contributed by atoms with van der Waals surface area (Å²) in [4.78, 5) is 18.2. The second-order valence-electron chi connectivity index (χ2n) is 7.86. The van der Waals surface area contributed by atoms with Crippen molar-refractivity contribution in [3.63, 3.8) is 0 Å². The Balaban J connectivity index is 1.58. The monoisotopic (exact) mass is 457 g/mol. The molecule has 5 rings (SSSR count). The maximum atomic E-state index is 13.4. The molecular weight excluding hydrogens is 434 g/mol. The molecule has 0 aliphatic heterocycles. The number of allylic oxidation sites excluding steroid dienone is 2. The third kappa shape index (κ3) is 3.38. The van der Waals surface area contributed by atoms with Gasteiger partial charge in [-0.15, -0.1) is 17.1 Å². The van der Waals surface area contributed by atoms with Crippen molar-refractivity contribution in [2.45, 2.75) is 19.4 Å². The molecule has 0 amide bonds. The molecule has 5 aromatic rings. The second-order valence-corrected chi connectivity index (χ2v) is 8.89. The van der Waals surface area contributed by atoms with Crippen molar-refractivity contribution in [2.75, 3.05) is 7.05 Å². The molecule has 0 saturated carbocycles. The summed E-state index contributed by atoms with van der Waals surface area (Å²) in [5.41, 5.74) is 7.11. The number of rotatable bonds is 6. The SMILES string of the molecule is C=C=C(/C=C\NC)C(C)c1nc2c(s1)c1cnn(Cc3cccc4[nH]ncc34)c(=O)c1n2C. The molecule has 1 atom stereocenters. The maximum Gasteiger partial charge on any atom is 0.291 e. The van der Waals surface area contributed by atoms with Gasteiger partial charge in [0.15, 0.2) is 5.65 Å². The van der Waals surface area contributed by atoms with Crippen molar-refractivity contribution in [1.82, 2.24) is 34.8 Å². The Bertz CT molecular complexity index is 1640. The molecule has 0 fully saturated rings. The highest BCUT2D eigenvalue weighted by molar-refractivity contribution is 7.19. The van der Waals surface area contributed by atoms with Gasteiger partial charge < -0.3 is 9.88 Å². The summed E-state index contributed by atoms with van der Waals surface area (Å²) < 4.78 is 4.33. The number of hydrogen-bond donors (Lipinski definition) is 2. The number of hydrogen-bond acceptors (Lipinski definition) is 6. The summed E-state index contributed by atoms with van der Waals surface area (Å²) >= 11 is 1.58. The Kier molecular flexibility index (Phi) is 5.20. The Hall–Kier alpha value is -3.94. The number of aromatic amines is 1. The lowest BCUT2D eigenvalue weighted by Crippen LogP contribution is -2.24. The quantitative estimate of drug-likeness (QED) is 0.299. The van der Waals surface area contributed by atoms with Crippen LogP contribution >= 0.6 is 11.3 Å². The summed E-state index contributed by atoms with van der Waals surface area (Å²) in [5.74, 6) is 0.0309. The highest BCUT2D eigenvalue weighted by Crippen LogP contribution is 2.36. The first kappa shape index (κ1) is 20.9. The van der Waals surface area contributed by atoms with E-state index in [2.05, 4.69) is 39.8 Å². The van der Waals surface area contributed by atoms with Crippen LogP contribution in [0.25, 0.3) is 32.2 Å². The number of nitrogens with zero attached hydrogens (tertiary/aromatic N) is 5. The summed E-state index contributed by atoms with van der Waals surface area (Å²) in [6, 6.07) is 5.90. The molecule has 0 spiro atoms. The highest BCUT2D eigenvalue weighted by Gasteiger charge is 2.21. The van der Waals surface area contributed by atoms with Crippen LogP contribution in [0, 0.1) is 0 Å². The lowest BCUT2D eigenvalue weighted by atomic mass is 10.0. The molecular formula is C24H23N7OS. The minimum absolute atomic E-state index is 0.0309. The number of thiazole rings is 1. The predicted octanol–water partition coefficient (Wildman–Crippen LogP) is 3.82. The van der Waals surface area contributed by atoms with E-state index >= 15 is 0 Å². The summed E-state index contributed by atoms with van der Waals surface area (Å²) in [5, 5.41) is 17.3. The molecule has 2 N–H and O–H groups in total. The lowest BCUT2D eigenvalue weighted by Gasteiger charge is -2.08. The Morgan fingerprint density at radius 3 is 3.00 bits per heavy atom. The second kappa shape index (κ2) is 8.20. The van der Waals surface area contributed by atoms with Crippen molar-refractivity contribution < 1.29 is 0 Å². The molecule has 0 aliphatic rings. The van der Waals surface area contributed by atoms with Gasteiger partial charge in [0.05, 0.1) is 29.2 Å². The van der Waals surface area contributed by atoms with Gasteiger partial charge in [0.1, 0.15) is 10.5 Å². The van der Waals surface area contributed by atoms with Crippen LogP contribution in [0.4, 0.5) is 0 Å². The van der Waals surface area contributed by atoms with Crippen LogP contribution in [-0.4, -0.2) is 36.6 Å². The number of fused-ring (bicyclic) bond motifs is 4. The Morgan fingerprint density at radius 2 is 2.21 bits per heavy atom. The third-order valence-corrected chi connectivity index (χ3v) is 7.17. The fraction of sp³-hybridized carbons (Fsp3) is 0.208. The van der Waals surface area contributed by atoms with Crippen molar-refractivity contribution in [2.24, 2.45) is 7.05 Å². The van der Waals surface area contributed by atoms with Crippen molar-refractivity contribution >= 4 is 43.5 Å². The molecule has 9 heteroatoms. The largest absolute Gasteiger partial charge is 0.394 e. The van der Waals surface area contributed by atoms with Crippen LogP contribution in [0.1, 0.15) is 23.4 Å². The third-order valence-electron chi connectivity index (χ3n) is 5.91. The number of H-pyrrole nitrogens is 1. The molecule has 0 saturated heterocycles. The van der Waals surface area contributed by atoms with Crippen molar-refractivity contribution in [1.29, 1.82) is 0 Å². The number of aromatic nitrogens is 6. The zero-order chi connectivity index (χ0) is 23.1. The van der Waals surface area contributed by atoms with Crippen molar-refractivity contribution in [3.05, 3.63) is 81.7 Å². The van der Waals surface area contributed by atoms with E-state index in [0.29, 0.717) is 12.1 Å². The average molecular weight is 458 g/mol. The first-order valence-corrected chi connectivity index (χ1v) is 11.3. The molecule has 0 bridgehead atoms. The van der Waals surface area contributed by atoms with E-state index in [9.17, 15) is 4.79 Å². The number of nitrogens with one attached hydrogen (secondary N) is 2. The van der Waals surface area contributed by atoms with Gasteiger partial charge >= 0.3 is 0 Å². The lowest BCUT2D eigenvalue weighted by molar-refractivity contribution is 0.647. The Labute approximate surface area is 193 Å². The highest BCUT2D eigenvalue weighted by atomic mass is 32.1. The molecule has 0 radical (unpaired) electrons. The zero-order valence-corrected chi connectivity index (χ0v) is 19.4. The zero-order valence-electron chi connectivity index (χ0n) is 18.6. The van der Waals surface area contributed by atoms with Crippen LogP contribution in [0.5, 0.6) is 0 Å². The molecule has 166 valence electrons. The van der Waals surface area contributed by atoms with Crippen molar-refractivity contribution in [3.8, 4) is 0 Å². The molecule has 8 nitrogen and oxygen atoms in total. The summed E-state index contributed by atoms with van der Waals surface area (Å²) in [7, 11) is 3.73. The first-order valence-electron chi connectivity index (χ1n) is 10.5. The molecule has 1 unspecified atom stereocenters. The maximum absolute atomic E-state index is 13.4. The topological polar surface area (TPSA) is 93.4 Å². The van der Waals surface area contributed by atoms with E-state index < -0.39 is 0 Å². The van der Waals surface area contributed by atoms with E-state index in [1.165, 1.54) is 4.68 Å². The molecule has 33 heavy (non-hydrogen) atoms. The van der Waals surface area contributed by atoms with E-state index in [1.54, 1.807) is 23.7 Å². The van der Waals surface area contributed by atoms with Gasteiger partial charge in [0.25, 0.3) is 5.56 Å². The average Bonchev–Trinajstić information content (AvgIpc) is 3.53. The standard InChI is InChI=1S/C24H23N7OS/c1-5-15(9-10-25-3)14(2)23-28-22-21(33-23)18-12-27-31(24(32)20(18)30(22)4)13-16-7-6-8-19-17(16)11-26-29-19/h6-12,14,25H,1,13H2,2-4H3,(H,26,29)/b10-9-. The molecule has 4 heterocycles. The van der Waals surface area contributed by atoms with Crippen LogP contribution in [-0.2, 0) is 13.6 Å². The van der Waals surface area contributed by atoms with E-state index in [4.69, 9.17) is 4.98 Å². The summed E-state index contributed by atoms with van der Waals surface area (Å²) in [6.45, 7) is 6.26. The van der Waals surface area contributed by atoms with E-state index in [1.807, 2.05) is 49.1 Å². The molecule has 1 aromatic carbocycles. The number of aryl methyl sites for hydroxylation is 1. The van der Waals surface area contributed by atoms with Gasteiger partial charge in [0, 0.05) is 36.4 Å². The van der Waals surface area contributed by atoms with Gasteiger partial charge in [-0.05, 0) is 23.9 Å². The predicted molar refractivity (Wildman–Crippen MR) is 133 cm³/mol. The van der Waals surface area contributed by atoms with Gasteiger partial charge in [-0.25, -0.2) is 9.67 Å². The van der Waals surface area contributed by atoms with Crippen LogP contribution in [0.2, 0.25) is 0 Å². The Morgan fingerprint density at radius 1 is 1.36 bits per heavy atom. The van der Waals surface area contributed by atoms with E-state index in [-0.39, 0.29) is 11.5 Å². The van der Waals surface area contributed by atoms with Crippen LogP contribution < -0.4 is 10.9 Å². The fourth-order valence-electron chi connectivity index (χ4n) is 4.09. The fourth-order valence-corrected chi connectivity index (χ4v) is 5.27. The summed E-state index contributed by atoms with van der Waals surface area (Å²) in [6.07, 6.45) is 7.34. The van der Waals surface area contributed by atoms with Crippen LogP contribution in [0.15, 0.2) is 65.5 Å². The van der Waals surface area contributed by atoms with Gasteiger partial charge in [0.2, 0.25) is 0 Å². The molecule has 0 aliphatic carbocycles.